The third kappa shape index (κ3) is 7.67. The molecule has 2 aromatic rings. The molecule has 0 aliphatic heterocycles. The van der Waals surface area contributed by atoms with Gasteiger partial charge in [-0.05, 0) is 41.8 Å². The molecule has 0 aliphatic rings. The van der Waals surface area contributed by atoms with Crippen LogP contribution in [0.15, 0.2) is 60.8 Å². The van der Waals surface area contributed by atoms with Crippen molar-refractivity contribution in [2.75, 3.05) is 5.32 Å². The summed E-state index contributed by atoms with van der Waals surface area (Å²) >= 11 is 5.81. The van der Waals surface area contributed by atoms with Crippen LogP contribution in [0, 0.1) is 0 Å². The second-order valence-electron chi connectivity index (χ2n) is 6.27. The summed E-state index contributed by atoms with van der Waals surface area (Å²) in [6.07, 6.45) is 0.821. The van der Waals surface area contributed by atoms with Gasteiger partial charge in [0.15, 0.2) is 0 Å². The lowest BCUT2D eigenvalue weighted by molar-refractivity contribution is -0.136. The van der Waals surface area contributed by atoms with Crippen LogP contribution in [-0.2, 0) is 27.3 Å². The average Bonchev–Trinajstić information content (AvgIpc) is 2.72. The van der Waals surface area contributed by atoms with E-state index in [1.54, 1.807) is 24.3 Å². The van der Waals surface area contributed by atoms with E-state index >= 15 is 0 Å². The molecule has 0 bridgehead atoms. The topological polar surface area (TPSA) is 99.3 Å². The summed E-state index contributed by atoms with van der Waals surface area (Å²) in [6, 6.07) is 14.3. The Kier molecular flexibility index (Phi) is 8.24. The molecule has 152 valence electrons. The van der Waals surface area contributed by atoms with Crippen molar-refractivity contribution in [2.24, 2.45) is 0 Å². The number of anilines is 1. The Morgan fingerprint density at radius 2 is 1.52 bits per heavy atom. The van der Waals surface area contributed by atoms with E-state index in [2.05, 4.69) is 28.1 Å². The minimum Gasteiger partial charge on any atom is -0.352 e. The molecule has 4 N–H and O–H groups in total. The number of nitrogens with one attached hydrogen (secondary N) is 4. The summed E-state index contributed by atoms with van der Waals surface area (Å²) in [6.45, 7) is 6.03. The first-order valence-electron chi connectivity index (χ1n) is 9.02. The Bertz CT molecular complexity index is 880. The van der Waals surface area contributed by atoms with Gasteiger partial charge in [-0.2, -0.15) is 0 Å². The fourth-order valence-corrected chi connectivity index (χ4v) is 2.44. The quantitative estimate of drug-likeness (QED) is 0.394. The Morgan fingerprint density at radius 3 is 2.14 bits per heavy atom. The Morgan fingerprint density at radius 1 is 0.897 bits per heavy atom. The zero-order valence-electron chi connectivity index (χ0n) is 16.0. The minimum absolute atomic E-state index is 0.0615. The van der Waals surface area contributed by atoms with Gasteiger partial charge in [-0.25, -0.2) is 0 Å². The van der Waals surface area contributed by atoms with Crippen LogP contribution in [0.25, 0.3) is 0 Å². The molecule has 0 aromatic heterocycles. The van der Waals surface area contributed by atoms with Crippen molar-refractivity contribution in [1.82, 2.24) is 16.2 Å². The van der Waals surface area contributed by atoms with Crippen molar-refractivity contribution < 1.29 is 14.4 Å². The first-order chi connectivity index (χ1) is 13.9. The van der Waals surface area contributed by atoms with Crippen LogP contribution < -0.4 is 21.5 Å². The summed E-state index contributed by atoms with van der Waals surface area (Å²) < 4.78 is 0. The Balaban J connectivity index is 1.69. The molecule has 0 spiro atoms. The van der Waals surface area contributed by atoms with Crippen molar-refractivity contribution in [2.45, 2.75) is 26.3 Å². The molecule has 3 amide bonds. The SMILES string of the molecule is C=C(CC(=O)NCc1ccc(Cl)cc1)NNC(=O)C(=O)Nc1ccc(CC)cc1. The molecule has 0 saturated carbocycles. The monoisotopic (exact) mass is 414 g/mol. The van der Waals surface area contributed by atoms with Gasteiger partial charge in [0.2, 0.25) is 5.91 Å². The third-order valence-electron chi connectivity index (χ3n) is 3.96. The molecule has 29 heavy (non-hydrogen) atoms. The highest BCUT2D eigenvalue weighted by atomic mass is 35.5. The van der Waals surface area contributed by atoms with Gasteiger partial charge in [0.25, 0.3) is 0 Å². The van der Waals surface area contributed by atoms with Crippen molar-refractivity contribution in [3.05, 3.63) is 77.0 Å². The van der Waals surface area contributed by atoms with Gasteiger partial charge in [0, 0.05) is 23.0 Å². The molecule has 8 heteroatoms. The zero-order valence-corrected chi connectivity index (χ0v) is 16.8. The Hall–Kier alpha value is -3.32. The van der Waals surface area contributed by atoms with E-state index in [1.807, 2.05) is 31.2 Å². The van der Waals surface area contributed by atoms with Gasteiger partial charge < -0.3 is 16.1 Å². The molecule has 0 unspecified atom stereocenters. The standard InChI is InChI=1S/C21H23ClN4O3/c1-3-15-6-10-18(11-7-15)24-20(28)21(29)26-25-14(2)12-19(27)23-13-16-4-8-17(22)9-5-16/h4-11,25H,2-3,12-13H2,1H3,(H,23,27)(H,24,28)(H,26,29). The van der Waals surface area contributed by atoms with Crippen LogP contribution in [0.3, 0.4) is 0 Å². The Labute approximate surface area is 174 Å². The molecular formula is C21H23ClN4O3. The number of amides is 3. The molecule has 7 nitrogen and oxygen atoms in total. The fourth-order valence-electron chi connectivity index (χ4n) is 2.32. The number of hydrogen-bond acceptors (Lipinski definition) is 4. The van der Waals surface area contributed by atoms with Crippen molar-refractivity contribution in [3.8, 4) is 0 Å². The number of hydrazine groups is 1. The number of hydrogen-bond donors (Lipinski definition) is 4. The molecule has 0 heterocycles. The lowest BCUT2D eigenvalue weighted by Crippen LogP contribution is -2.43. The highest BCUT2D eigenvalue weighted by Gasteiger charge is 2.14. The van der Waals surface area contributed by atoms with Crippen LogP contribution >= 0.6 is 11.6 Å². The van der Waals surface area contributed by atoms with Gasteiger partial charge in [-0.15, -0.1) is 0 Å². The summed E-state index contributed by atoms with van der Waals surface area (Å²) in [5.41, 5.74) is 7.47. The van der Waals surface area contributed by atoms with E-state index in [1.165, 1.54) is 0 Å². The fraction of sp³-hybridized carbons (Fsp3) is 0.190. The van der Waals surface area contributed by atoms with Gasteiger partial charge in [-0.3, -0.25) is 19.8 Å². The third-order valence-corrected chi connectivity index (χ3v) is 4.21. The molecule has 2 aromatic carbocycles. The number of halogens is 1. The van der Waals surface area contributed by atoms with E-state index in [-0.39, 0.29) is 18.0 Å². The molecule has 2 rings (SSSR count). The van der Waals surface area contributed by atoms with E-state index < -0.39 is 11.8 Å². The van der Waals surface area contributed by atoms with Gasteiger partial charge >= 0.3 is 11.8 Å². The average molecular weight is 415 g/mol. The van der Waals surface area contributed by atoms with Crippen molar-refractivity contribution >= 4 is 35.0 Å². The maximum Gasteiger partial charge on any atom is 0.327 e. The van der Waals surface area contributed by atoms with Crippen molar-refractivity contribution in [3.63, 3.8) is 0 Å². The van der Waals surface area contributed by atoms with Gasteiger partial charge in [0.1, 0.15) is 0 Å². The van der Waals surface area contributed by atoms with Crippen LogP contribution in [0.1, 0.15) is 24.5 Å². The van der Waals surface area contributed by atoms with Crippen LogP contribution in [0.5, 0.6) is 0 Å². The summed E-state index contributed by atoms with van der Waals surface area (Å²) in [5.74, 6) is -2.01. The van der Waals surface area contributed by atoms with Gasteiger partial charge in [0.05, 0.1) is 6.42 Å². The number of aryl methyl sites for hydroxylation is 1. The predicted octanol–water partition coefficient (Wildman–Crippen LogP) is 2.68. The summed E-state index contributed by atoms with van der Waals surface area (Å²) in [5, 5.41) is 5.84. The zero-order chi connectivity index (χ0) is 21.2. The number of carbonyl (C=O) groups is 3. The maximum absolute atomic E-state index is 11.9. The van der Waals surface area contributed by atoms with Gasteiger partial charge in [-0.1, -0.05) is 49.4 Å². The normalized spacial score (nSPS) is 10.0. The molecule has 0 saturated heterocycles. The lowest BCUT2D eigenvalue weighted by Gasteiger charge is -2.11. The molecular weight excluding hydrogens is 392 g/mol. The maximum atomic E-state index is 11.9. The molecule has 0 fully saturated rings. The van der Waals surface area contributed by atoms with E-state index in [0.717, 1.165) is 17.5 Å². The van der Waals surface area contributed by atoms with E-state index in [9.17, 15) is 14.4 Å². The molecule has 0 radical (unpaired) electrons. The first-order valence-corrected chi connectivity index (χ1v) is 9.40. The minimum atomic E-state index is -0.896. The molecule has 0 atom stereocenters. The number of carbonyl (C=O) groups excluding carboxylic acids is 3. The van der Waals surface area contributed by atoms with Crippen LogP contribution in [0.2, 0.25) is 5.02 Å². The highest BCUT2D eigenvalue weighted by Crippen LogP contribution is 2.10. The number of rotatable bonds is 8. The summed E-state index contributed by atoms with van der Waals surface area (Å²) in [7, 11) is 0. The predicted molar refractivity (Wildman–Crippen MR) is 113 cm³/mol. The highest BCUT2D eigenvalue weighted by molar-refractivity contribution is 6.39. The number of benzene rings is 2. The van der Waals surface area contributed by atoms with Crippen molar-refractivity contribution in [1.29, 1.82) is 0 Å². The van der Waals surface area contributed by atoms with Crippen LogP contribution in [0.4, 0.5) is 5.69 Å². The van der Waals surface area contributed by atoms with Crippen LogP contribution in [-0.4, -0.2) is 17.7 Å². The lowest BCUT2D eigenvalue weighted by atomic mass is 10.1. The second kappa shape index (κ2) is 10.9. The molecule has 0 aliphatic carbocycles. The summed E-state index contributed by atoms with van der Waals surface area (Å²) in [4.78, 5) is 35.7. The largest absolute Gasteiger partial charge is 0.352 e. The van der Waals surface area contributed by atoms with E-state index in [0.29, 0.717) is 17.3 Å². The second-order valence-corrected chi connectivity index (χ2v) is 6.70. The first kappa shape index (κ1) is 22.0. The smallest absolute Gasteiger partial charge is 0.327 e. The van der Waals surface area contributed by atoms with E-state index in [4.69, 9.17) is 11.6 Å².